The molecule has 0 saturated carbocycles. The van der Waals surface area contributed by atoms with Crippen molar-refractivity contribution in [3.8, 4) is 0 Å². The van der Waals surface area contributed by atoms with Crippen molar-refractivity contribution in [3.05, 3.63) is 50.1 Å². The molecule has 2 atom stereocenters. The minimum atomic E-state index is -1.54. The number of thiazole rings is 1. The van der Waals surface area contributed by atoms with Crippen molar-refractivity contribution in [1.29, 1.82) is 0 Å². The highest BCUT2D eigenvalue weighted by atomic mass is 79.9. The van der Waals surface area contributed by atoms with E-state index in [0.717, 1.165) is 18.9 Å². The molecule has 24 heavy (non-hydrogen) atoms. The zero-order valence-electron chi connectivity index (χ0n) is 12.5. The van der Waals surface area contributed by atoms with E-state index in [1.54, 1.807) is 11.3 Å². The molecule has 0 saturated heterocycles. The summed E-state index contributed by atoms with van der Waals surface area (Å²) in [5.41, 5.74) is 0.743. The topological polar surface area (TPSA) is 82.5 Å². The molecule has 1 amide bonds. The van der Waals surface area contributed by atoms with Gasteiger partial charge >= 0.3 is 0 Å². The van der Waals surface area contributed by atoms with Crippen LogP contribution in [-0.4, -0.2) is 33.8 Å². The summed E-state index contributed by atoms with van der Waals surface area (Å²) in [7, 11) is 0. The van der Waals surface area contributed by atoms with Crippen LogP contribution >= 0.6 is 38.6 Å². The first kappa shape index (κ1) is 17.5. The molecule has 3 rings (SSSR count). The Balaban J connectivity index is 1.57. The molecule has 2 unspecified atom stereocenters. The van der Waals surface area contributed by atoms with Crippen LogP contribution in [0.3, 0.4) is 0 Å². The number of hydrogen-bond donors (Lipinski definition) is 3. The smallest absolute Gasteiger partial charge is 0.252 e. The SMILES string of the molecule is O=C(NCCc1ccc(Br)s1)C(O)C(O)c1nc2ccccc2s1. The average Bonchev–Trinajstić information content (AvgIpc) is 3.19. The summed E-state index contributed by atoms with van der Waals surface area (Å²) >= 11 is 6.26. The number of carbonyl (C=O) groups excluding carboxylic acids is 1. The number of carbonyl (C=O) groups is 1. The van der Waals surface area contributed by atoms with Gasteiger partial charge in [-0.15, -0.1) is 22.7 Å². The van der Waals surface area contributed by atoms with Gasteiger partial charge in [-0.2, -0.15) is 0 Å². The third-order valence-corrected chi connectivity index (χ3v) is 6.22. The molecule has 5 nitrogen and oxygen atoms in total. The lowest BCUT2D eigenvalue weighted by molar-refractivity contribution is -0.135. The van der Waals surface area contributed by atoms with Crippen molar-refractivity contribution in [2.75, 3.05) is 6.54 Å². The van der Waals surface area contributed by atoms with E-state index in [-0.39, 0.29) is 0 Å². The lowest BCUT2D eigenvalue weighted by Crippen LogP contribution is -2.39. The van der Waals surface area contributed by atoms with Gasteiger partial charge in [0.25, 0.3) is 5.91 Å². The van der Waals surface area contributed by atoms with E-state index >= 15 is 0 Å². The third-order valence-electron chi connectivity index (χ3n) is 3.43. The first-order chi connectivity index (χ1) is 11.5. The molecule has 1 aromatic carbocycles. The molecule has 8 heteroatoms. The van der Waals surface area contributed by atoms with Crippen LogP contribution in [0, 0.1) is 0 Å². The maximum Gasteiger partial charge on any atom is 0.252 e. The van der Waals surface area contributed by atoms with Gasteiger partial charge in [0, 0.05) is 11.4 Å². The van der Waals surface area contributed by atoms with Gasteiger partial charge in [-0.3, -0.25) is 4.79 Å². The molecular weight excluding hydrogens is 412 g/mol. The molecule has 0 aliphatic carbocycles. The molecule has 3 N–H and O–H groups in total. The number of amides is 1. The van der Waals surface area contributed by atoms with Gasteiger partial charge in [0.1, 0.15) is 11.1 Å². The predicted octanol–water partition coefficient (Wildman–Crippen LogP) is 2.87. The molecule has 0 aliphatic rings. The number of halogens is 1. The molecule has 0 spiro atoms. The number of nitrogens with zero attached hydrogens (tertiary/aromatic N) is 1. The molecule has 126 valence electrons. The van der Waals surface area contributed by atoms with E-state index in [1.165, 1.54) is 11.3 Å². The second kappa shape index (κ2) is 7.71. The summed E-state index contributed by atoms with van der Waals surface area (Å²) in [6.45, 7) is 0.398. The van der Waals surface area contributed by atoms with Crippen LogP contribution in [0.5, 0.6) is 0 Å². The van der Waals surface area contributed by atoms with E-state index in [1.807, 2.05) is 36.4 Å². The lowest BCUT2D eigenvalue weighted by Gasteiger charge is -2.15. The maximum absolute atomic E-state index is 12.0. The number of benzene rings is 1. The number of para-hydroxylation sites is 1. The third kappa shape index (κ3) is 4.01. The molecule has 0 bridgehead atoms. The van der Waals surface area contributed by atoms with Crippen molar-refractivity contribution >= 4 is 54.7 Å². The van der Waals surface area contributed by atoms with Gasteiger partial charge in [-0.25, -0.2) is 4.98 Å². The predicted molar refractivity (Wildman–Crippen MR) is 99.3 cm³/mol. The first-order valence-electron chi connectivity index (χ1n) is 7.28. The Hall–Kier alpha value is -1.32. The standard InChI is InChI=1S/C16H15BrN2O3S2/c17-12-6-5-9(23-12)7-8-18-15(22)13(20)14(21)16-19-10-3-1-2-4-11(10)24-16/h1-6,13-14,20-21H,7-8H2,(H,18,22). The molecule has 0 fully saturated rings. The average molecular weight is 427 g/mol. The summed E-state index contributed by atoms with van der Waals surface area (Å²) in [4.78, 5) is 17.4. The van der Waals surface area contributed by atoms with E-state index < -0.39 is 18.1 Å². The Morgan fingerprint density at radius 3 is 2.71 bits per heavy atom. The van der Waals surface area contributed by atoms with E-state index in [9.17, 15) is 15.0 Å². The van der Waals surface area contributed by atoms with Gasteiger partial charge in [0.15, 0.2) is 6.10 Å². The maximum atomic E-state index is 12.0. The number of rotatable bonds is 6. The first-order valence-corrected chi connectivity index (χ1v) is 9.71. The molecule has 3 aromatic rings. The summed E-state index contributed by atoms with van der Waals surface area (Å²) in [5.74, 6) is -0.600. The highest BCUT2D eigenvalue weighted by Gasteiger charge is 2.28. The largest absolute Gasteiger partial charge is 0.383 e. The normalized spacial score (nSPS) is 13.8. The van der Waals surface area contributed by atoms with Gasteiger partial charge in [0.2, 0.25) is 0 Å². The molecule has 0 aliphatic heterocycles. The van der Waals surface area contributed by atoms with Crippen molar-refractivity contribution in [2.45, 2.75) is 18.6 Å². The number of thiophene rings is 1. The second-order valence-electron chi connectivity index (χ2n) is 5.16. The molecular formula is C16H15BrN2O3S2. The number of nitrogens with one attached hydrogen (secondary N) is 1. The number of hydrogen-bond acceptors (Lipinski definition) is 6. The van der Waals surface area contributed by atoms with Crippen LogP contribution in [0.15, 0.2) is 40.2 Å². The van der Waals surface area contributed by atoms with Crippen molar-refractivity contribution in [1.82, 2.24) is 10.3 Å². The monoisotopic (exact) mass is 426 g/mol. The van der Waals surface area contributed by atoms with Crippen molar-refractivity contribution < 1.29 is 15.0 Å². The molecule has 2 aromatic heterocycles. The highest BCUT2D eigenvalue weighted by Crippen LogP contribution is 2.28. The van der Waals surface area contributed by atoms with E-state index in [4.69, 9.17) is 0 Å². The van der Waals surface area contributed by atoms with Crippen LogP contribution < -0.4 is 5.32 Å². The Bertz CT molecular complexity index is 816. The number of fused-ring (bicyclic) bond motifs is 1. The second-order valence-corrected chi connectivity index (χ2v) is 8.77. The molecule has 0 radical (unpaired) electrons. The summed E-state index contributed by atoms with van der Waals surface area (Å²) in [6.07, 6.45) is -2.20. The fourth-order valence-corrected chi connectivity index (χ4v) is 4.66. The summed E-state index contributed by atoms with van der Waals surface area (Å²) in [5, 5.41) is 23.3. The van der Waals surface area contributed by atoms with Gasteiger partial charge in [0.05, 0.1) is 14.0 Å². The Morgan fingerprint density at radius 1 is 1.21 bits per heavy atom. The van der Waals surface area contributed by atoms with E-state index in [2.05, 4.69) is 26.2 Å². The quantitative estimate of drug-likeness (QED) is 0.565. The number of aliphatic hydroxyl groups excluding tert-OH is 2. The van der Waals surface area contributed by atoms with Crippen LogP contribution in [0.25, 0.3) is 10.2 Å². The van der Waals surface area contributed by atoms with Gasteiger partial charge < -0.3 is 15.5 Å². The zero-order chi connectivity index (χ0) is 17.1. The summed E-state index contributed by atoms with van der Waals surface area (Å²) < 4.78 is 1.94. The minimum absolute atomic E-state index is 0.334. The molecule has 2 heterocycles. The van der Waals surface area contributed by atoms with Crippen LogP contribution in [0.2, 0.25) is 0 Å². The minimum Gasteiger partial charge on any atom is -0.383 e. The fraction of sp³-hybridized carbons (Fsp3) is 0.250. The van der Waals surface area contributed by atoms with Crippen molar-refractivity contribution in [2.24, 2.45) is 0 Å². The van der Waals surface area contributed by atoms with Crippen LogP contribution in [0.4, 0.5) is 0 Å². The van der Waals surface area contributed by atoms with Gasteiger partial charge in [-0.05, 0) is 46.6 Å². The number of aliphatic hydroxyl groups is 2. The van der Waals surface area contributed by atoms with Crippen molar-refractivity contribution in [3.63, 3.8) is 0 Å². The van der Waals surface area contributed by atoms with Crippen LogP contribution in [-0.2, 0) is 11.2 Å². The van der Waals surface area contributed by atoms with E-state index in [0.29, 0.717) is 18.0 Å². The Kier molecular flexibility index (Phi) is 5.62. The van der Waals surface area contributed by atoms with Gasteiger partial charge in [-0.1, -0.05) is 12.1 Å². The number of aromatic nitrogens is 1. The fourth-order valence-electron chi connectivity index (χ4n) is 2.19. The highest BCUT2D eigenvalue weighted by molar-refractivity contribution is 9.11. The Morgan fingerprint density at radius 2 is 2.00 bits per heavy atom. The Labute approximate surface area is 155 Å². The summed E-state index contributed by atoms with van der Waals surface area (Å²) in [6, 6.07) is 11.4. The van der Waals surface area contributed by atoms with Crippen LogP contribution in [0.1, 0.15) is 16.0 Å². The lowest BCUT2D eigenvalue weighted by atomic mass is 10.2. The zero-order valence-corrected chi connectivity index (χ0v) is 15.7.